The molecule has 0 aliphatic carbocycles. The van der Waals surface area contributed by atoms with Crippen molar-refractivity contribution in [3.63, 3.8) is 0 Å². The van der Waals surface area contributed by atoms with Crippen molar-refractivity contribution in [1.82, 2.24) is 0 Å². The standard InChI is InChI=1S/C64H42/c1-5-21-43(22-6-1)47-37-49(41-51(39-47)63-57-33-17-13-29-53(57)61(45-25-9-3-10-26-45)54-30-14-18-34-58(54)63)50-38-48(44-23-7-2-8-24-44)40-52(42-50)64-59-35-19-15-31-55(59)62(46-27-11-4-12-28-46)56-32-16-20-36-60(56)64/h1-42H. The molecular weight excluding hydrogens is 769 g/mol. The lowest BCUT2D eigenvalue weighted by Gasteiger charge is -2.20. The van der Waals surface area contributed by atoms with Crippen molar-refractivity contribution in [1.29, 1.82) is 0 Å². The van der Waals surface area contributed by atoms with Crippen LogP contribution >= 0.6 is 0 Å². The predicted molar refractivity (Wildman–Crippen MR) is 275 cm³/mol. The predicted octanol–water partition coefficient (Wildman–Crippen LogP) is 18.0. The Balaban J connectivity index is 1.16. The van der Waals surface area contributed by atoms with Gasteiger partial charge in [-0.2, -0.15) is 0 Å². The maximum Gasteiger partial charge on any atom is -0.00259 e. The molecule has 298 valence electrons. The van der Waals surface area contributed by atoms with Crippen molar-refractivity contribution in [2.75, 3.05) is 0 Å². The van der Waals surface area contributed by atoms with Gasteiger partial charge in [-0.3, -0.25) is 0 Å². The second kappa shape index (κ2) is 15.9. The Labute approximate surface area is 374 Å². The lowest BCUT2D eigenvalue weighted by atomic mass is 9.83. The Hall–Kier alpha value is -8.32. The van der Waals surface area contributed by atoms with E-state index in [4.69, 9.17) is 0 Å². The fraction of sp³-hybridized carbons (Fsp3) is 0. The third-order valence-corrected chi connectivity index (χ3v) is 13.0. The van der Waals surface area contributed by atoms with Crippen LogP contribution in [-0.2, 0) is 0 Å². The van der Waals surface area contributed by atoms with Crippen LogP contribution in [0.2, 0.25) is 0 Å². The Morgan fingerprint density at radius 1 is 0.125 bits per heavy atom. The highest BCUT2D eigenvalue weighted by Crippen LogP contribution is 2.48. The molecule has 0 aliphatic rings. The molecule has 0 spiro atoms. The van der Waals surface area contributed by atoms with Crippen molar-refractivity contribution in [2.45, 2.75) is 0 Å². The van der Waals surface area contributed by atoms with E-state index in [0.717, 1.165) is 0 Å². The Kier molecular flexibility index (Phi) is 9.28. The molecule has 0 unspecified atom stereocenters. The molecule has 0 aromatic heterocycles. The van der Waals surface area contributed by atoms with E-state index in [1.54, 1.807) is 0 Å². The SMILES string of the molecule is c1ccc(-c2cc(-c3cc(-c4ccccc4)cc(-c4c5ccccc5c(-c5ccccc5)c5ccccc45)c3)cc(-c3c4ccccc4c(-c4ccccc4)c4ccccc34)c2)cc1. The molecule has 12 rings (SSSR count). The van der Waals surface area contributed by atoms with Gasteiger partial charge in [0.25, 0.3) is 0 Å². The molecule has 0 heteroatoms. The van der Waals surface area contributed by atoms with Gasteiger partial charge < -0.3 is 0 Å². The van der Waals surface area contributed by atoms with Gasteiger partial charge in [-0.25, -0.2) is 0 Å². The number of hydrogen-bond acceptors (Lipinski definition) is 0. The highest BCUT2D eigenvalue weighted by Gasteiger charge is 2.21. The summed E-state index contributed by atoms with van der Waals surface area (Å²) in [6.07, 6.45) is 0. The number of benzene rings is 12. The summed E-state index contributed by atoms with van der Waals surface area (Å²) in [5, 5.41) is 9.97. The van der Waals surface area contributed by atoms with Gasteiger partial charge in [-0.1, -0.05) is 218 Å². The van der Waals surface area contributed by atoms with E-state index in [2.05, 4.69) is 255 Å². The fourth-order valence-corrected chi connectivity index (χ4v) is 10.2. The van der Waals surface area contributed by atoms with Crippen LogP contribution in [0.25, 0.3) is 121 Å². The first-order valence-corrected chi connectivity index (χ1v) is 22.2. The first-order valence-electron chi connectivity index (χ1n) is 22.2. The van der Waals surface area contributed by atoms with Gasteiger partial charge in [0.1, 0.15) is 0 Å². The average molecular weight is 811 g/mol. The summed E-state index contributed by atoms with van der Waals surface area (Å²) in [5.74, 6) is 0. The molecule has 0 saturated heterocycles. The average Bonchev–Trinajstić information content (AvgIpc) is 3.38. The van der Waals surface area contributed by atoms with Crippen LogP contribution in [0.3, 0.4) is 0 Å². The second-order valence-electron chi connectivity index (χ2n) is 16.7. The molecule has 0 nitrogen and oxygen atoms in total. The second-order valence-corrected chi connectivity index (χ2v) is 16.7. The summed E-state index contributed by atoms with van der Waals surface area (Å²) in [5.41, 5.74) is 17.0. The van der Waals surface area contributed by atoms with Crippen LogP contribution in [0.4, 0.5) is 0 Å². The maximum absolute atomic E-state index is 2.44. The van der Waals surface area contributed by atoms with Gasteiger partial charge >= 0.3 is 0 Å². The maximum atomic E-state index is 2.44. The van der Waals surface area contributed by atoms with Gasteiger partial charge in [0.05, 0.1) is 0 Å². The van der Waals surface area contributed by atoms with Crippen molar-refractivity contribution in [3.05, 3.63) is 255 Å². The summed E-state index contributed by atoms with van der Waals surface area (Å²) < 4.78 is 0. The molecule has 12 aromatic rings. The molecule has 0 fully saturated rings. The van der Waals surface area contributed by atoms with E-state index in [1.165, 1.54) is 121 Å². The highest BCUT2D eigenvalue weighted by atomic mass is 14.2. The Morgan fingerprint density at radius 3 is 0.547 bits per heavy atom. The van der Waals surface area contributed by atoms with E-state index >= 15 is 0 Å². The molecule has 0 radical (unpaired) electrons. The molecule has 64 heavy (non-hydrogen) atoms. The van der Waals surface area contributed by atoms with E-state index < -0.39 is 0 Å². The smallest absolute Gasteiger partial charge is 0.00259 e. The zero-order chi connectivity index (χ0) is 42.4. The minimum Gasteiger partial charge on any atom is -0.0622 e. The number of hydrogen-bond donors (Lipinski definition) is 0. The summed E-state index contributed by atoms with van der Waals surface area (Å²) in [7, 11) is 0. The third-order valence-electron chi connectivity index (χ3n) is 13.0. The lowest BCUT2D eigenvalue weighted by Crippen LogP contribution is -1.93. The van der Waals surface area contributed by atoms with Gasteiger partial charge in [-0.15, -0.1) is 0 Å². The zero-order valence-corrected chi connectivity index (χ0v) is 35.2. The van der Waals surface area contributed by atoms with Crippen LogP contribution in [0.1, 0.15) is 0 Å². The van der Waals surface area contributed by atoms with Crippen molar-refractivity contribution in [2.24, 2.45) is 0 Å². The Morgan fingerprint density at radius 2 is 0.297 bits per heavy atom. The van der Waals surface area contributed by atoms with Crippen LogP contribution in [0, 0.1) is 0 Å². The first kappa shape index (κ1) is 37.4. The van der Waals surface area contributed by atoms with E-state index in [0.29, 0.717) is 0 Å². The minimum atomic E-state index is 1.17. The molecule has 0 aliphatic heterocycles. The van der Waals surface area contributed by atoms with Crippen LogP contribution < -0.4 is 0 Å². The molecule has 0 atom stereocenters. The van der Waals surface area contributed by atoms with Crippen molar-refractivity contribution in [3.8, 4) is 77.9 Å². The van der Waals surface area contributed by atoms with Crippen molar-refractivity contribution < 1.29 is 0 Å². The van der Waals surface area contributed by atoms with E-state index in [-0.39, 0.29) is 0 Å². The van der Waals surface area contributed by atoms with Crippen molar-refractivity contribution >= 4 is 43.1 Å². The Bertz CT molecular complexity index is 3320. The zero-order valence-electron chi connectivity index (χ0n) is 35.2. The molecule has 0 amide bonds. The van der Waals surface area contributed by atoms with Gasteiger partial charge in [0.15, 0.2) is 0 Å². The highest BCUT2D eigenvalue weighted by molar-refractivity contribution is 6.23. The molecule has 0 saturated carbocycles. The summed E-state index contributed by atoms with van der Waals surface area (Å²) >= 11 is 0. The van der Waals surface area contributed by atoms with Gasteiger partial charge in [0.2, 0.25) is 0 Å². The minimum absolute atomic E-state index is 1.17. The summed E-state index contributed by atoms with van der Waals surface area (Å²) in [6, 6.07) is 93.7. The lowest BCUT2D eigenvalue weighted by molar-refractivity contribution is 1.56. The molecule has 0 N–H and O–H groups in total. The molecule has 0 heterocycles. The van der Waals surface area contributed by atoms with Crippen LogP contribution in [0.5, 0.6) is 0 Å². The number of rotatable bonds is 7. The molecule has 12 aromatic carbocycles. The third kappa shape index (κ3) is 6.48. The summed E-state index contributed by atoms with van der Waals surface area (Å²) in [6.45, 7) is 0. The van der Waals surface area contributed by atoms with Crippen LogP contribution in [0.15, 0.2) is 255 Å². The topological polar surface area (TPSA) is 0 Å². The molecular formula is C64H42. The largest absolute Gasteiger partial charge is 0.0622 e. The number of fused-ring (bicyclic) bond motifs is 4. The van der Waals surface area contributed by atoms with Crippen LogP contribution in [-0.4, -0.2) is 0 Å². The van der Waals surface area contributed by atoms with E-state index in [9.17, 15) is 0 Å². The summed E-state index contributed by atoms with van der Waals surface area (Å²) in [4.78, 5) is 0. The first-order chi connectivity index (χ1) is 31.8. The van der Waals surface area contributed by atoms with Gasteiger partial charge in [-0.05, 0) is 157 Å². The van der Waals surface area contributed by atoms with Gasteiger partial charge in [0, 0.05) is 0 Å². The monoisotopic (exact) mass is 810 g/mol. The normalized spacial score (nSPS) is 11.4. The van der Waals surface area contributed by atoms with E-state index in [1.807, 2.05) is 0 Å². The molecule has 0 bridgehead atoms. The fourth-order valence-electron chi connectivity index (χ4n) is 10.2. The quantitative estimate of drug-likeness (QED) is 0.141.